The quantitative estimate of drug-likeness (QED) is 0.364. The number of alkyl halides is 3. The first-order valence-corrected chi connectivity index (χ1v) is 11.1. The largest absolute Gasteiger partial charge is 0.496 e. The Morgan fingerprint density at radius 3 is 2.50 bits per heavy atom. The monoisotopic (exact) mass is 502 g/mol. The van der Waals surface area contributed by atoms with Gasteiger partial charge in [0.05, 0.1) is 13.3 Å². The van der Waals surface area contributed by atoms with Gasteiger partial charge in [0.2, 0.25) is 5.95 Å². The summed E-state index contributed by atoms with van der Waals surface area (Å²) in [6.07, 6.45) is -2.89. The summed E-state index contributed by atoms with van der Waals surface area (Å²) in [6, 6.07) is 7.14. The van der Waals surface area contributed by atoms with Crippen molar-refractivity contribution in [1.29, 1.82) is 0 Å². The standard InChI is InChI=1S/C21H16F6N4O2S/c1-33-16-7-12(22)3-4-13(16)14-8-18(28-9-15(14)23)30-19-6-11(5-17(24)29-19)10-34(2)31-20(32)21(25,26)27/h3-9H,10H2,1-2H3,(H,28,29,30). The average Bonchev–Trinajstić information content (AvgIpc) is 2.74. The first-order valence-electron chi connectivity index (χ1n) is 9.34. The van der Waals surface area contributed by atoms with Crippen LogP contribution >= 0.6 is 0 Å². The zero-order valence-electron chi connectivity index (χ0n) is 17.6. The number of halogens is 6. The lowest BCUT2D eigenvalue weighted by atomic mass is 10.0. The van der Waals surface area contributed by atoms with Gasteiger partial charge in [-0.1, -0.05) is 10.7 Å². The molecule has 3 rings (SSSR count). The van der Waals surface area contributed by atoms with Crippen LogP contribution in [0.2, 0.25) is 0 Å². The SMILES string of the molecule is COc1cc(F)ccc1-c1cc(Nc2cc(CS(C)=NC(=O)C(F)(F)F)cc(F)n2)ncc1F. The molecular formula is C21H16F6N4O2S. The Morgan fingerprint density at radius 2 is 1.82 bits per heavy atom. The Balaban J connectivity index is 1.88. The number of aromatic nitrogens is 2. The van der Waals surface area contributed by atoms with Gasteiger partial charge in [-0.15, -0.1) is 0 Å². The van der Waals surface area contributed by atoms with Crippen molar-refractivity contribution < 1.29 is 35.9 Å². The van der Waals surface area contributed by atoms with Crippen molar-refractivity contribution in [2.24, 2.45) is 4.36 Å². The van der Waals surface area contributed by atoms with E-state index in [1.54, 1.807) is 0 Å². The number of amides is 1. The highest BCUT2D eigenvalue weighted by molar-refractivity contribution is 7.86. The van der Waals surface area contributed by atoms with Gasteiger partial charge in [0.1, 0.15) is 29.0 Å². The minimum Gasteiger partial charge on any atom is -0.496 e. The molecule has 0 aliphatic heterocycles. The van der Waals surface area contributed by atoms with E-state index in [1.165, 1.54) is 31.6 Å². The van der Waals surface area contributed by atoms with E-state index in [2.05, 4.69) is 19.6 Å². The smallest absolute Gasteiger partial charge is 0.474 e. The number of methoxy groups -OCH3 is 1. The summed E-state index contributed by atoms with van der Waals surface area (Å²) in [5, 5.41) is 2.69. The van der Waals surface area contributed by atoms with E-state index in [0.717, 1.165) is 24.4 Å². The maximum absolute atomic E-state index is 14.4. The van der Waals surface area contributed by atoms with Gasteiger partial charge < -0.3 is 10.1 Å². The van der Waals surface area contributed by atoms with Crippen LogP contribution in [0.25, 0.3) is 11.1 Å². The van der Waals surface area contributed by atoms with Crippen molar-refractivity contribution in [2.75, 3.05) is 18.7 Å². The van der Waals surface area contributed by atoms with E-state index in [4.69, 9.17) is 4.74 Å². The lowest BCUT2D eigenvalue weighted by Crippen LogP contribution is -2.21. The van der Waals surface area contributed by atoms with E-state index in [0.29, 0.717) is 0 Å². The van der Waals surface area contributed by atoms with Gasteiger partial charge in [-0.05, 0) is 42.2 Å². The summed E-state index contributed by atoms with van der Waals surface area (Å²) < 4.78 is 87.3. The van der Waals surface area contributed by atoms with Crippen LogP contribution in [0.15, 0.2) is 47.0 Å². The van der Waals surface area contributed by atoms with Crippen molar-refractivity contribution in [1.82, 2.24) is 9.97 Å². The molecular weight excluding hydrogens is 486 g/mol. The Labute approximate surface area is 192 Å². The van der Waals surface area contributed by atoms with Crippen molar-refractivity contribution in [3.05, 3.63) is 65.7 Å². The lowest BCUT2D eigenvalue weighted by Gasteiger charge is -2.12. The van der Waals surface area contributed by atoms with Crippen LogP contribution in [0.4, 0.5) is 38.0 Å². The fourth-order valence-electron chi connectivity index (χ4n) is 2.90. The summed E-state index contributed by atoms with van der Waals surface area (Å²) in [6.45, 7) is 0. The fourth-order valence-corrected chi connectivity index (χ4v) is 4.00. The van der Waals surface area contributed by atoms with Crippen LogP contribution in [-0.4, -0.2) is 35.4 Å². The van der Waals surface area contributed by atoms with Crippen molar-refractivity contribution >= 4 is 28.2 Å². The number of carbonyl (C=O) groups excluding carboxylic acids is 1. The number of pyridine rings is 2. The Bertz CT molecular complexity index is 1270. The molecule has 34 heavy (non-hydrogen) atoms. The van der Waals surface area contributed by atoms with E-state index < -0.39 is 40.4 Å². The zero-order valence-corrected chi connectivity index (χ0v) is 18.4. The van der Waals surface area contributed by atoms with Gasteiger partial charge in [-0.3, -0.25) is 4.79 Å². The van der Waals surface area contributed by atoms with Gasteiger partial charge in [-0.25, -0.2) is 18.7 Å². The third-order valence-corrected chi connectivity index (χ3v) is 5.50. The predicted octanol–water partition coefficient (Wildman–Crippen LogP) is 5.33. The summed E-state index contributed by atoms with van der Waals surface area (Å²) in [4.78, 5) is 18.5. The van der Waals surface area contributed by atoms with E-state index in [1.807, 2.05) is 0 Å². The number of nitrogens with one attached hydrogen (secondary N) is 1. The van der Waals surface area contributed by atoms with Crippen LogP contribution in [-0.2, 0) is 21.2 Å². The minimum absolute atomic E-state index is 0.0190. The summed E-state index contributed by atoms with van der Waals surface area (Å²) in [5.74, 6) is -4.55. The maximum Gasteiger partial charge on any atom is 0.474 e. The molecule has 1 atom stereocenters. The molecule has 180 valence electrons. The van der Waals surface area contributed by atoms with Crippen LogP contribution in [0, 0.1) is 17.6 Å². The first kappa shape index (κ1) is 25.1. The molecule has 0 saturated heterocycles. The number of nitrogens with zero attached hydrogens (tertiary/aromatic N) is 3. The van der Waals surface area contributed by atoms with Gasteiger partial charge in [0, 0.05) is 22.9 Å². The molecule has 13 heteroatoms. The van der Waals surface area contributed by atoms with Gasteiger partial charge in [0.25, 0.3) is 0 Å². The Hall–Kier alpha value is -3.48. The van der Waals surface area contributed by atoms with E-state index in [9.17, 15) is 31.1 Å². The summed E-state index contributed by atoms with van der Waals surface area (Å²) >= 11 is 0. The molecule has 0 fully saturated rings. The van der Waals surface area contributed by atoms with Gasteiger partial charge >= 0.3 is 12.1 Å². The van der Waals surface area contributed by atoms with Crippen LogP contribution in [0.1, 0.15) is 5.56 Å². The number of anilines is 2. The first-order chi connectivity index (χ1) is 16.0. The average molecular weight is 502 g/mol. The molecule has 1 aromatic carbocycles. The zero-order chi connectivity index (χ0) is 25.0. The molecule has 0 aliphatic rings. The molecule has 6 nitrogen and oxygen atoms in total. The second-order valence-corrected chi connectivity index (χ2v) is 8.51. The normalized spacial score (nSPS) is 12.5. The molecule has 2 heterocycles. The number of rotatable bonds is 6. The highest BCUT2D eigenvalue weighted by Crippen LogP contribution is 2.33. The van der Waals surface area contributed by atoms with Crippen LogP contribution in [0.3, 0.4) is 0 Å². The molecule has 1 unspecified atom stereocenters. The summed E-state index contributed by atoms with van der Waals surface area (Å²) in [5.41, 5.74) is 0.485. The molecule has 0 bridgehead atoms. The van der Waals surface area contributed by atoms with E-state index in [-0.39, 0.29) is 39.8 Å². The third kappa shape index (κ3) is 6.31. The molecule has 3 aromatic rings. The van der Waals surface area contributed by atoms with Gasteiger partial charge in [0.15, 0.2) is 0 Å². The van der Waals surface area contributed by atoms with Crippen LogP contribution < -0.4 is 10.1 Å². The molecule has 0 radical (unpaired) electrons. The molecule has 2 aromatic heterocycles. The lowest BCUT2D eigenvalue weighted by molar-refractivity contribution is -0.169. The third-order valence-electron chi connectivity index (χ3n) is 4.28. The van der Waals surface area contributed by atoms with Crippen molar-refractivity contribution in [2.45, 2.75) is 11.9 Å². The number of carbonyl (C=O) groups is 1. The second-order valence-electron chi connectivity index (χ2n) is 6.84. The Morgan fingerprint density at radius 1 is 1.09 bits per heavy atom. The molecule has 0 saturated carbocycles. The van der Waals surface area contributed by atoms with E-state index >= 15 is 0 Å². The highest BCUT2D eigenvalue weighted by Gasteiger charge is 2.38. The topological polar surface area (TPSA) is 76.5 Å². The molecule has 1 N–H and O–H groups in total. The Kier molecular flexibility index (Phi) is 7.54. The summed E-state index contributed by atoms with van der Waals surface area (Å²) in [7, 11) is -0.0779. The predicted molar refractivity (Wildman–Crippen MR) is 114 cm³/mol. The minimum atomic E-state index is -5.09. The number of hydrogen-bond acceptors (Lipinski definition) is 5. The van der Waals surface area contributed by atoms with Gasteiger partial charge in [-0.2, -0.15) is 21.9 Å². The number of benzene rings is 1. The second kappa shape index (κ2) is 10.2. The maximum atomic E-state index is 14.4. The molecule has 0 aliphatic carbocycles. The van der Waals surface area contributed by atoms with Crippen LogP contribution in [0.5, 0.6) is 5.75 Å². The fraction of sp³-hybridized carbons (Fsp3) is 0.190. The number of ether oxygens (including phenoxy) is 1. The highest BCUT2D eigenvalue weighted by atomic mass is 32.2. The molecule has 1 amide bonds. The molecule has 0 spiro atoms. The number of hydrogen-bond donors (Lipinski definition) is 1. The van der Waals surface area contributed by atoms with Crippen molar-refractivity contribution in [3.8, 4) is 16.9 Å². The van der Waals surface area contributed by atoms with Crippen molar-refractivity contribution in [3.63, 3.8) is 0 Å².